The largest absolute Gasteiger partial charge is 0.385 e. The lowest BCUT2D eigenvalue weighted by atomic mass is 9.79. The van der Waals surface area contributed by atoms with E-state index in [9.17, 15) is 22.7 Å². The molecule has 1 atom stereocenters. The minimum atomic E-state index is -3.39. The van der Waals surface area contributed by atoms with E-state index in [2.05, 4.69) is 20.0 Å². The van der Waals surface area contributed by atoms with Crippen LogP contribution in [0.3, 0.4) is 0 Å². The Morgan fingerprint density at radius 2 is 1.94 bits per heavy atom. The molecule has 8 nitrogen and oxygen atoms in total. The summed E-state index contributed by atoms with van der Waals surface area (Å²) in [5, 5.41) is 13.7. The molecule has 0 spiro atoms. The van der Waals surface area contributed by atoms with E-state index in [1.807, 2.05) is 0 Å². The molecule has 0 bridgehead atoms. The number of aromatic amines is 1. The van der Waals surface area contributed by atoms with Crippen molar-refractivity contribution in [3.05, 3.63) is 59.7 Å². The first kappa shape index (κ1) is 24.2. The summed E-state index contributed by atoms with van der Waals surface area (Å²) in [7, 11) is -3.39. The van der Waals surface area contributed by atoms with E-state index in [1.165, 1.54) is 6.07 Å². The third kappa shape index (κ3) is 5.56. The van der Waals surface area contributed by atoms with Gasteiger partial charge in [0.1, 0.15) is 17.7 Å². The van der Waals surface area contributed by atoms with Gasteiger partial charge in [-0.2, -0.15) is 0 Å². The molecule has 34 heavy (non-hydrogen) atoms. The summed E-state index contributed by atoms with van der Waals surface area (Å²) in [6, 6.07) is 11.4. The Labute approximate surface area is 198 Å². The molecule has 10 heteroatoms. The zero-order chi connectivity index (χ0) is 24.3. The lowest BCUT2D eigenvalue weighted by Crippen LogP contribution is -2.34. The molecule has 0 radical (unpaired) electrons. The Hall–Kier alpha value is -2.98. The molecule has 1 saturated carbocycles. The highest BCUT2D eigenvalue weighted by Crippen LogP contribution is 2.37. The van der Waals surface area contributed by atoms with Crippen LogP contribution < -0.4 is 10.0 Å². The number of carbonyl (C=O) groups is 1. The number of anilines is 1. The van der Waals surface area contributed by atoms with E-state index in [0.29, 0.717) is 53.8 Å². The molecule has 1 unspecified atom stereocenters. The lowest BCUT2D eigenvalue weighted by Gasteiger charge is -2.30. The number of nitrogens with one attached hydrogen (secondary N) is 3. The van der Waals surface area contributed by atoms with Crippen molar-refractivity contribution < 1.29 is 22.7 Å². The Balaban J connectivity index is 1.34. The molecule has 3 aromatic rings. The van der Waals surface area contributed by atoms with Crippen LogP contribution in [0.2, 0.25) is 0 Å². The number of fused-ring (bicyclic) bond motifs is 1. The highest BCUT2D eigenvalue weighted by Gasteiger charge is 2.32. The number of H-pyrrole nitrogens is 1. The molecule has 1 amide bonds. The molecule has 0 saturated heterocycles. The van der Waals surface area contributed by atoms with Crippen molar-refractivity contribution in [2.45, 2.75) is 45.3 Å². The predicted octanol–water partition coefficient (Wildman–Crippen LogP) is 3.62. The van der Waals surface area contributed by atoms with E-state index < -0.39 is 16.1 Å². The number of amides is 1. The Morgan fingerprint density at radius 1 is 1.21 bits per heavy atom. The van der Waals surface area contributed by atoms with Crippen LogP contribution >= 0.6 is 0 Å². The minimum absolute atomic E-state index is 0.0260. The molecule has 1 heterocycles. The average molecular weight is 489 g/mol. The van der Waals surface area contributed by atoms with E-state index in [4.69, 9.17) is 0 Å². The summed E-state index contributed by atoms with van der Waals surface area (Å²) in [5.74, 6) is -0.244. The van der Waals surface area contributed by atoms with Gasteiger partial charge in [0.05, 0.1) is 22.5 Å². The van der Waals surface area contributed by atoms with Gasteiger partial charge in [0, 0.05) is 18.0 Å². The maximum absolute atomic E-state index is 13.8. The fraction of sp³-hybridized carbons (Fsp3) is 0.417. The molecule has 4 N–H and O–H groups in total. The van der Waals surface area contributed by atoms with Crippen LogP contribution in [0.4, 0.5) is 10.1 Å². The number of hydrogen-bond donors (Lipinski definition) is 4. The molecule has 1 aromatic heterocycles. The summed E-state index contributed by atoms with van der Waals surface area (Å²) in [4.78, 5) is 20.1. The van der Waals surface area contributed by atoms with Crippen molar-refractivity contribution in [2.75, 3.05) is 10.5 Å². The number of rotatable bonds is 8. The SMILES string of the molecule is CCS(=O)(=O)Nc1ccc2nc(C(O)C3CCC(C(=O)NCc4ccccc4F)CC3)[nH]c2c1. The van der Waals surface area contributed by atoms with Gasteiger partial charge in [-0.3, -0.25) is 9.52 Å². The van der Waals surface area contributed by atoms with Crippen LogP contribution in [0.25, 0.3) is 11.0 Å². The Morgan fingerprint density at radius 3 is 2.65 bits per heavy atom. The fourth-order valence-corrected chi connectivity index (χ4v) is 5.00. The number of nitrogens with zero attached hydrogens (tertiary/aromatic N) is 1. The molecule has 1 aliphatic carbocycles. The van der Waals surface area contributed by atoms with Gasteiger partial charge in [0.2, 0.25) is 15.9 Å². The maximum atomic E-state index is 13.8. The van der Waals surface area contributed by atoms with Crippen LogP contribution in [-0.2, 0) is 21.4 Å². The number of aliphatic hydroxyl groups is 1. The van der Waals surface area contributed by atoms with Gasteiger partial charge in [-0.25, -0.2) is 17.8 Å². The van der Waals surface area contributed by atoms with Crippen LogP contribution in [-0.4, -0.2) is 35.2 Å². The normalized spacial score (nSPS) is 19.6. The third-order valence-electron chi connectivity index (χ3n) is 6.43. The smallest absolute Gasteiger partial charge is 0.232 e. The van der Waals surface area contributed by atoms with E-state index in [-0.39, 0.29) is 35.9 Å². The van der Waals surface area contributed by atoms with Gasteiger partial charge >= 0.3 is 0 Å². The molecule has 1 fully saturated rings. The number of hydrogen-bond acceptors (Lipinski definition) is 5. The lowest BCUT2D eigenvalue weighted by molar-refractivity contribution is -0.126. The summed E-state index contributed by atoms with van der Waals surface area (Å²) >= 11 is 0. The molecule has 1 aliphatic rings. The van der Waals surface area contributed by atoms with E-state index in [1.54, 1.807) is 43.3 Å². The van der Waals surface area contributed by atoms with Crippen LogP contribution in [0.5, 0.6) is 0 Å². The summed E-state index contributed by atoms with van der Waals surface area (Å²) in [5.41, 5.74) is 2.15. The topological polar surface area (TPSA) is 124 Å². The predicted molar refractivity (Wildman–Crippen MR) is 128 cm³/mol. The highest BCUT2D eigenvalue weighted by atomic mass is 32.2. The molecule has 4 rings (SSSR count). The number of aliphatic hydroxyl groups excluding tert-OH is 1. The summed E-state index contributed by atoms with van der Waals surface area (Å²) in [6.07, 6.45) is 1.78. The second kappa shape index (κ2) is 10.1. The van der Waals surface area contributed by atoms with Gasteiger partial charge in [-0.15, -0.1) is 0 Å². The van der Waals surface area contributed by atoms with Crippen LogP contribution in [0.1, 0.15) is 50.1 Å². The average Bonchev–Trinajstić information content (AvgIpc) is 3.26. The first-order chi connectivity index (χ1) is 16.3. The fourth-order valence-electron chi connectivity index (χ4n) is 4.37. The van der Waals surface area contributed by atoms with Crippen molar-refractivity contribution in [3.8, 4) is 0 Å². The van der Waals surface area contributed by atoms with Crippen molar-refractivity contribution in [2.24, 2.45) is 11.8 Å². The number of halogens is 1. The molecule has 182 valence electrons. The van der Waals surface area contributed by atoms with Crippen molar-refractivity contribution in [1.29, 1.82) is 0 Å². The van der Waals surface area contributed by atoms with Gasteiger partial charge < -0.3 is 15.4 Å². The molecular weight excluding hydrogens is 459 g/mol. The number of benzene rings is 2. The summed E-state index contributed by atoms with van der Waals surface area (Å²) < 4.78 is 39.9. The maximum Gasteiger partial charge on any atom is 0.232 e. The second-order valence-corrected chi connectivity index (χ2v) is 10.7. The quantitative estimate of drug-likeness (QED) is 0.386. The molecule has 0 aliphatic heterocycles. The Kier molecular flexibility index (Phi) is 7.18. The highest BCUT2D eigenvalue weighted by molar-refractivity contribution is 7.92. The van der Waals surface area contributed by atoms with Gasteiger partial charge in [0.15, 0.2) is 0 Å². The number of carbonyl (C=O) groups excluding carboxylic acids is 1. The van der Waals surface area contributed by atoms with Crippen LogP contribution in [0, 0.1) is 17.7 Å². The first-order valence-corrected chi connectivity index (χ1v) is 13.1. The number of aromatic nitrogens is 2. The summed E-state index contributed by atoms with van der Waals surface area (Å²) in [6.45, 7) is 1.72. The van der Waals surface area contributed by atoms with Crippen molar-refractivity contribution >= 4 is 32.7 Å². The van der Waals surface area contributed by atoms with Gasteiger partial charge in [-0.1, -0.05) is 18.2 Å². The zero-order valence-corrected chi connectivity index (χ0v) is 19.7. The van der Waals surface area contributed by atoms with E-state index >= 15 is 0 Å². The zero-order valence-electron chi connectivity index (χ0n) is 18.9. The first-order valence-electron chi connectivity index (χ1n) is 11.4. The van der Waals surface area contributed by atoms with Gasteiger partial charge in [-0.05, 0) is 62.8 Å². The number of imidazole rings is 1. The molecule has 2 aromatic carbocycles. The standard InChI is InChI=1S/C24H29FN4O4S/c1-2-34(32,33)29-18-11-12-20-21(13-18)28-23(27-20)22(30)15-7-9-16(10-8-15)24(31)26-14-17-5-3-4-6-19(17)25/h3-6,11-13,15-16,22,29-30H,2,7-10,14H2,1H3,(H,26,31)(H,27,28). The minimum Gasteiger partial charge on any atom is -0.385 e. The van der Waals surface area contributed by atoms with Crippen molar-refractivity contribution in [1.82, 2.24) is 15.3 Å². The number of sulfonamides is 1. The monoisotopic (exact) mass is 488 g/mol. The van der Waals surface area contributed by atoms with E-state index in [0.717, 1.165) is 0 Å². The van der Waals surface area contributed by atoms with Crippen LogP contribution in [0.15, 0.2) is 42.5 Å². The van der Waals surface area contributed by atoms with Crippen molar-refractivity contribution in [3.63, 3.8) is 0 Å². The molecular formula is C24H29FN4O4S. The Bertz CT molecular complexity index is 1270. The second-order valence-electron chi connectivity index (χ2n) is 8.73. The third-order valence-corrected chi connectivity index (χ3v) is 7.74. The van der Waals surface area contributed by atoms with Gasteiger partial charge in [0.25, 0.3) is 0 Å².